The molecule has 0 amide bonds. The third-order valence-corrected chi connectivity index (χ3v) is 9.17. The van der Waals surface area contributed by atoms with Gasteiger partial charge in [0.2, 0.25) is 0 Å². The van der Waals surface area contributed by atoms with Crippen LogP contribution in [0.2, 0.25) is 0 Å². The zero-order valence-electron chi connectivity index (χ0n) is 30.1. The van der Waals surface area contributed by atoms with Crippen molar-refractivity contribution in [3.05, 3.63) is 12.2 Å². The third kappa shape index (κ3) is 34.6. The third-order valence-electron chi connectivity index (χ3n) is 8.18. The fourth-order valence-electron chi connectivity index (χ4n) is 5.34. The van der Waals surface area contributed by atoms with Gasteiger partial charge < -0.3 is 20.1 Å². The second-order valence-electron chi connectivity index (χ2n) is 12.8. The van der Waals surface area contributed by atoms with Gasteiger partial charge >= 0.3 is 13.8 Å². The minimum atomic E-state index is -4.26. The maximum absolute atomic E-state index is 12.5. The summed E-state index contributed by atoms with van der Waals surface area (Å²) in [6.07, 6.45) is 35.1. The largest absolute Gasteiger partial charge is 0.472 e. The first-order valence-electron chi connectivity index (χ1n) is 19.2. The number of hydrogen-bond donors (Lipinski definition) is 2. The van der Waals surface area contributed by atoms with Crippen LogP contribution in [-0.2, 0) is 27.9 Å². The molecule has 0 radical (unpaired) electrons. The molecule has 0 aromatic carbocycles. The lowest BCUT2D eigenvalue weighted by molar-refractivity contribution is -0.154. The maximum Gasteiger partial charge on any atom is 0.472 e. The summed E-state index contributed by atoms with van der Waals surface area (Å²) in [4.78, 5) is 22.3. The summed E-state index contributed by atoms with van der Waals surface area (Å²) in [7, 11) is -4.26. The number of unbranched alkanes of at least 4 members (excludes halogenated alkanes) is 22. The molecular weight excluding hydrogens is 601 g/mol. The standard InChI is InChI=1S/C37H74NO7P/c1-3-5-7-9-11-13-14-15-16-17-18-19-20-21-23-25-27-29-32-42-34-36(35-44-46(40,41)43-33-31-38)45-37(39)30-28-26-24-22-12-10-8-6-4-2/h15-16,36H,3-14,17-35,38H2,1-2H3,(H,40,41)/b16-15-. The molecule has 8 nitrogen and oxygen atoms in total. The SMILES string of the molecule is CCCCCCCC/C=C\CCCCCCCCCCOCC(COP(=O)(O)OCCN)OC(=O)CCCCCCCCCCC. The van der Waals surface area contributed by atoms with Crippen molar-refractivity contribution in [2.24, 2.45) is 5.73 Å². The van der Waals surface area contributed by atoms with Crippen LogP contribution in [0, 0.1) is 0 Å². The van der Waals surface area contributed by atoms with E-state index in [4.69, 9.17) is 24.3 Å². The van der Waals surface area contributed by atoms with Crippen molar-refractivity contribution in [1.29, 1.82) is 0 Å². The van der Waals surface area contributed by atoms with Crippen LogP contribution in [0.3, 0.4) is 0 Å². The summed E-state index contributed by atoms with van der Waals surface area (Å²) in [5.74, 6) is -0.333. The van der Waals surface area contributed by atoms with Crippen LogP contribution in [0.4, 0.5) is 0 Å². The summed E-state index contributed by atoms with van der Waals surface area (Å²) in [6.45, 7) is 4.90. The summed E-state index contributed by atoms with van der Waals surface area (Å²) in [5.41, 5.74) is 5.34. The fraction of sp³-hybridized carbons (Fsp3) is 0.919. The number of rotatable bonds is 37. The van der Waals surface area contributed by atoms with Crippen molar-refractivity contribution in [2.75, 3.05) is 33.0 Å². The molecule has 2 unspecified atom stereocenters. The molecule has 3 N–H and O–H groups in total. The van der Waals surface area contributed by atoms with E-state index in [9.17, 15) is 14.3 Å². The number of esters is 1. The van der Waals surface area contributed by atoms with Gasteiger partial charge in [0.1, 0.15) is 6.10 Å². The molecule has 0 saturated heterocycles. The summed E-state index contributed by atoms with van der Waals surface area (Å²) in [5, 5.41) is 0. The molecule has 0 aliphatic carbocycles. The highest BCUT2D eigenvalue weighted by Gasteiger charge is 2.25. The van der Waals surface area contributed by atoms with E-state index in [2.05, 4.69) is 26.0 Å². The van der Waals surface area contributed by atoms with Crippen LogP contribution in [0.15, 0.2) is 12.2 Å². The van der Waals surface area contributed by atoms with Gasteiger partial charge in [-0.05, 0) is 38.5 Å². The smallest absolute Gasteiger partial charge is 0.457 e. The van der Waals surface area contributed by atoms with Crippen LogP contribution < -0.4 is 5.73 Å². The van der Waals surface area contributed by atoms with Gasteiger partial charge in [-0.1, -0.05) is 148 Å². The average molecular weight is 676 g/mol. The Labute approximate surface area is 283 Å². The van der Waals surface area contributed by atoms with E-state index in [-0.39, 0.29) is 32.3 Å². The molecular formula is C37H74NO7P. The van der Waals surface area contributed by atoms with Crippen LogP contribution in [0.1, 0.15) is 181 Å². The van der Waals surface area contributed by atoms with E-state index in [0.29, 0.717) is 13.0 Å². The lowest BCUT2D eigenvalue weighted by Gasteiger charge is -2.20. The Morgan fingerprint density at radius 1 is 0.630 bits per heavy atom. The van der Waals surface area contributed by atoms with Gasteiger partial charge in [0.05, 0.1) is 19.8 Å². The molecule has 0 aromatic rings. The van der Waals surface area contributed by atoms with E-state index < -0.39 is 13.9 Å². The van der Waals surface area contributed by atoms with Gasteiger partial charge in [0.25, 0.3) is 0 Å². The Bertz CT molecular complexity index is 722. The second kappa shape index (κ2) is 35.5. The molecule has 2 atom stereocenters. The van der Waals surface area contributed by atoms with Crippen molar-refractivity contribution in [1.82, 2.24) is 0 Å². The van der Waals surface area contributed by atoms with E-state index in [0.717, 1.165) is 32.1 Å². The lowest BCUT2D eigenvalue weighted by Crippen LogP contribution is -2.28. The Kier molecular flexibility index (Phi) is 35.0. The van der Waals surface area contributed by atoms with Gasteiger partial charge in [0, 0.05) is 19.6 Å². The number of hydrogen-bond acceptors (Lipinski definition) is 7. The first kappa shape index (κ1) is 45.2. The summed E-state index contributed by atoms with van der Waals surface area (Å²) >= 11 is 0. The Balaban J connectivity index is 3.99. The van der Waals surface area contributed by atoms with Crippen molar-refractivity contribution >= 4 is 13.8 Å². The van der Waals surface area contributed by atoms with E-state index in [1.807, 2.05) is 0 Å². The Morgan fingerprint density at radius 2 is 1.09 bits per heavy atom. The number of carbonyl (C=O) groups is 1. The molecule has 9 heteroatoms. The number of nitrogens with two attached hydrogens (primary N) is 1. The first-order chi connectivity index (χ1) is 22.4. The highest BCUT2D eigenvalue weighted by atomic mass is 31.2. The van der Waals surface area contributed by atoms with Crippen molar-refractivity contribution < 1.29 is 32.8 Å². The topological polar surface area (TPSA) is 117 Å². The molecule has 46 heavy (non-hydrogen) atoms. The fourth-order valence-corrected chi connectivity index (χ4v) is 6.11. The minimum absolute atomic E-state index is 0.0932. The van der Waals surface area contributed by atoms with Gasteiger partial charge in [-0.25, -0.2) is 4.57 Å². The highest BCUT2D eigenvalue weighted by molar-refractivity contribution is 7.47. The molecule has 0 saturated carbocycles. The predicted molar refractivity (Wildman–Crippen MR) is 192 cm³/mol. The Hall–Kier alpha value is -0.760. The van der Waals surface area contributed by atoms with Crippen molar-refractivity contribution in [3.8, 4) is 0 Å². The molecule has 0 fully saturated rings. The molecule has 0 bridgehead atoms. The second-order valence-corrected chi connectivity index (χ2v) is 14.2. The number of phosphoric ester groups is 1. The molecule has 0 aliphatic rings. The lowest BCUT2D eigenvalue weighted by atomic mass is 10.1. The maximum atomic E-state index is 12.5. The minimum Gasteiger partial charge on any atom is -0.457 e. The zero-order valence-corrected chi connectivity index (χ0v) is 31.0. The van der Waals surface area contributed by atoms with Crippen molar-refractivity contribution in [3.63, 3.8) is 0 Å². The number of ether oxygens (including phenoxy) is 2. The van der Waals surface area contributed by atoms with Crippen LogP contribution in [0.25, 0.3) is 0 Å². The van der Waals surface area contributed by atoms with Crippen LogP contribution in [-0.4, -0.2) is 49.9 Å². The number of allylic oxidation sites excluding steroid dienone is 2. The zero-order chi connectivity index (χ0) is 33.8. The van der Waals surface area contributed by atoms with Gasteiger partial charge in [-0.2, -0.15) is 0 Å². The molecule has 0 aliphatic heterocycles. The Morgan fingerprint density at radius 3 is 1.59 bits per heavy atom. The number of carbonyl (C=O) groups excluding carboxylic acids is 1. The molecule has 0 spiro atoms. The van der Waals surface area contributed by atoms with Crippen LogP contribution >= 0.6 is 7.82 Å². The van der Waals surface area contributed by atoms with Gasteiger partial charge in [-0.3, -0.25) is 13.8 Å². The molecule has 0 aromatic heterocycles. The molecule has 0 rings (SSSR count). The van der Waals surface area contributed by atoms with Gasteiger partial charge in [0.15, 0.2) is 0 Å². The highest BCUT2D eigenvalue weighted by Crippen LogP contribution is 2.43. The van der Waals surface area contributed by atoms with Crippen LogP contribution in [0.5, 0.6) is 0 Å². The monoisotopic (exact) mass is 676 g/mol. The summed E-state index contributed by atoms with van der Waals surface area (Å²) in [6, 6.07) is 0. The number of phosphoric acid groups is 1. The molecule has 274 valence electrons. The predicted octanol–water partition coefficient (Wildman–Crippen LogP) is 10.7. The molecule has 0 heterocycles. The van der Waals surface area contributed by atoms with Crippen molar-refractivity contribution in [2.45, 2.75) is 187 Å². The normalized spacial score (nSPS) is 13.7. The first-order valence-corrected chi connectivity index (χ1v) is 20.7. The van der Waals surface area contributed by atoms with E-state index in [1.54, 1.807) is 0 Å². The quantitative estimate of drug-likeness (QED) is 0.0289. The summed E-state index contributed by atoms with van der Waals surface area (Å²) < 4.78 is 33.2. The van der Waals surface area contributed by atoms with Gasteiger partial charge in [-0.15, -0.1) is 0 Å². The van der Waals surface area contributed by atoms with E-state index in [1.165, 1.54) is 128 Å². The van der Waals surface area contributed by atoms with E-state index >= 15 is 0 Å². The average Bonchev–Trinajstić information content (AvgIpc) is 3.04.